The number of carbonyl (C=O) groups excluding carboxylic acids is 1. The summed E-state index contributed by atoms with van der Waals surface area (Å²) in [7, 11) is 0. The minimum absolute atomic E-state index is 0.126. The van der Waals surface area contributed by atoms with Crippen molar-refractivity contribution in [1.82, 2.24) is 15.3 Å². The molecule has 20 heavy (non-hydrogen) atoms. The molecule has 5 heteroatoms. The van der Waals surface area contributed by atoms with Crippen molar-refractivity contribution in [2.75, 3.05) is 0 Å². The van der Waals surface area contributed by atoms with Crippen molar-refractivity contribution in [3.8, 4) is 10.6 Å². The fourth-order valence-electron chi connectivity index (χ4n) is 1.50. The third-order valence-corrected chi connectivity index (χ3v) is 3.40. The van der Waals surface area contributed by atoms with E-state index in [0.29, 0.717) is 6.54 Å². The summed E-state index contributed by atoms with van der Waals surface area (Å²) in [5, 5.41) is 5.64. The Balaban J connectivity index is 1.92. The van der Waals surface area contributed by atoms with Crippen LogP contribution >= 0.6 is 11.3 Å². The predicted molar refractivity (Wildman–Crippen MR) is 81.1 cm³/mol. The Hall–Kier alpha value is -2.27. The quantitative estimate of drug-likeness (QED) is 0.679. The number of thiazole rings is 1. The van der Waals surface area contributed by atoms with Gasteiger partial charge in [0.1, 0.15) is 5.01 Å². The number of hydrogen-bond donors (Lipinski definition) is 1. The summed E-state index contributed by atoms with van der Waals surface area (Å²) in [6, 6.07) is 3.85. The fourth-order valence-corrected chi connectivity index (χ4v) is 2.31. The molecule has 1 N–H and O–H groups in total. The van der Waals surface area contributed by atoms with E-state index in [1.807, 2.05) is 36.6 Å². The van der Waals surface area contributed by atoms with E-state index in [1.54, 1.807) is 29.8 Å². The van der Waals surface area contributed by atoms with Gasteiger partial charge in [-0.2, -0.15) is 0 Å². The monoisotopic (exact) mass is 285 g/mol. The molecule has 4 nitrogen and oxygen atoms in total. The van der Waals surface area contributed by atoms with Crippen molar-refractivity contribution in [3.63, 3.8) is 0 Å². The van der Waals surface area contributed by atoms with Crippen LogP contribution in [0.3, 0.4) is 0 Å². The largest absolute Gasteiger partial charge is 0.347 e. The maximum Gasteiger partial charge on any atom is 0.244 e. The number of rotatable bonds is 5. The second kappa shape index (κ2) is 7.35. The third kappa shape index (κ3) is 4.13. The molecule has 0 radical (unpaired) electrons. The zero-order valence-electron chi connectivity index (χ0n) is 11.1. The highest BCUT2D eigenvalue weighted by Crippen LogP contribution is 2.22. The van der Waals surface area contributed by atoms with Crippen molar-refractivity contribution in [2.24, 2.45) is 0 Å². The van der Waals surface area contributed by atoms with E-state index < -0.39 is 0 Å². The van der Waals surface area contributed by atoms with Gasteiger partial charge in [0.05, 0.1) is 12.2 Å². The van der Waals surface area contributed by atoms with E-state index in [0.717, 1.165) is 16.3 Å². The average Bonchev–Trinajstić information content (AvgIpc) is 2.95. The van der Waals surface area contributed by atoms with Crippen LogP contribution in [0.25, 0.3) is 10.6 Å². The first-order valence-electron chi connectivity index (χ1n) is 6.21. The van der Waals surface area contributed by atoms with Gasteiger partial charge in [-0.25, -0.2) is 4.98 Å². The zero-order valence-corrected chi connectivity index (χ0v) is 11.9. The molecule has 0 aliphatic heterocycles. The highest BCUT2D eigenvalue weighted by molar-refractivity contribution is 7.13. The van der Waals surface area contributed by atoms with Gasteiger partial charge in [0.15, 0.2) is 0 Å². The maximum absolute atomic E-state index is 11.5. The minimum Gasteiger partial charge on any atom is -0.347 e. The van der Waals surface area contributed by atoms with Crippen LogP contribution in [0.4, 0.5) is 0 Å². The van der Waals surface area contributed by atoms with Gasteiger partial charge < -0.3 is 5.32 Å². The lowest BCUT2D eigenvalue weighted by molar-refractivity contribution is -0.116. The normalized spacial score (nSPS) is 11.2. The van der Waals surface area contributed by atoms with Gasteiger partial charge in [-0.1, -0.05) is 18.2 Å². The van der Waals surface area contributed by atoms with Gasteiger partial charge in [0.2, 0.25) is 5.91 Å². The van der Waals surface area contributed by atoms with Crippen LogP contribution in [-0.4, -0.2) is 15.9 Å². The molecule has 0 saturated carbocycles. The Kier molecular flexibility index (Phi) is 5.20. The van der Waals surface area contributed by atoms with Gasteiger partial charge in [0.25, 0.3) is 0 Å². The molecule has 0 spiro atoms. The standard InChI is InChI=1S/C15H15N3OS/c1-2-3-4-7-14(19)17-10-13-11-20-15(18-13)12-6-5-8-16-9-12/h2-9,11H,10H2,1H3,(H,17,19)/b3-2+,7-4+. The SMILES string of the molecule is C/C=C/C=C/C(=O)NCc1csc(-c2cccnc2)n1. The van der Waals surface area contributed by atoms with Crippen LogP contribution in [0.2, 0.25) is 0 Å². The summed E-state index contributed by atoms with van der Waals surface area (Å²) >= 11 is 1.54. The van der Waals surface area contributed by atoms with Crippen molar-refractivity contribution < 1.29 is 4.79 Å². The summed E-state index contributed by atoms with van der Waals surface area (Å²) in [6.07, 6.45) is 10.4. The van der Waals surface area contributed by atoms with Crippen LogP contribution in [0.15, 0.2) is 54.2 Å². The average molecular weight is 285 g/mol. The third-order valence-electron chi connectivity index (χ3n) is 2.46. The Morgan fingerprint density at radius 1 is 1.45 bits per heavy atom. The van der Waals surface area contributed by atoms with Gasteiger partial charge in [-0.05, 0) is 19.1 Å². The molecule has 102 valence electrons. The molecule has 1 amide bonds. The molecule has 0 bridgehead atoms. The maximum atomic E-state index is 11.5. The zero-order chi connectivity index (χ0) is 14.2. The van der Waals surface area contributed by atoms with Crippen molar-refractivity contribution in [1.29, 1.82) is 0 Å². The molecule has 0 saturated heterocycles. The molecule has 2 rings (SSSR count). The van der Waals surface area contributed by atoms with Gasteiger partial charge in [-0.15, -0.1) is 11.3 Å². The number of hydrogen-bond acceptors (Lipinski definition) is 4. The molecule has 0 fully saturated rings. The molecule has 0 atom stereocenters. The highest BCUT2D eigenvalue weighted by atomic mass is 32.1. The Bertz CT molecular complexity index is 617. The molecule has 0 unspecified atom stereocenters. The van der Waals surface area contributed by atoms with Gasteiger partial charge >= 0.3 is 0 Å². The van der Waals surface area contributed by atoms with E-state index in [4.69, 9.17) is 0 Å². The van der Waals surface area contributed by atoms with Crippen LogP contribution in [0.5, 0.6) is 0 Å². The van der Waals surface area contributed by atoms with E-state index in [2.05, 4.69) is 15.3 Å². The van der Waals surface area contributed by atoms with Crippen molar-refractivity contribution in [3.05, 3.63) is 59.9 Å². The number of pyridine rings is 1. The van der Waals surface area contributed by atoms with Crippen LogP contribution in [-0.2, 0) is 11.3 Å². The van der Waals surface area contributed by atoms with Crippen LogP contribution < -0.4 is 5.32 Å². The lowest BCUT2D eigenvalue weighted by Gasteiger charge is -1.98. The van der Waals surface area contributed by atoms with Crippen LogP contribution in [0, 0.1) is 0 Å². The first-order chi connectivity index (χ1) is 9.79. The summed E-state index contributed by atoms with van der Waals surface area (Å²) in [4.78, 5) is 20.0. The second-order valence-corrected chi connectivity index (χ2v) is 4.85. The number of carbonyl (C=O) groups is 1. The lowest BCUT2D eigenvalue weighted by Crippen LogP contribution is -2.20. The summed E-state index contributed by atoms with van der Waals surface area (Å²) in [5.41, 5.74) is 1.84. The number of aromatic nitrogens is 2. The number of nitrogens with zero attached hydrogens (tertiary/aromatic N) is 2. The Labute approximate surface area is 121 Å². The number of nitrogens with one attached hydrogen (secondary N) is 1. The molecule has 2 aromatic heterocycles. The molecular formula is C15H15N3OS. The van der Waals surface area contributed by atoms with E-state index >= 15 is 0 Å². The summed E-state index contributed by atoms with van der Waals surface area (Å²) in [6.45, 7) is 2.33. The topological polar surface area (TPSA) is 54.9 Å². The van der Waals surface area contributed by atoms with Gasteiger partial charge in [-0.3, -0.25) is 9.78 Å². The number of allylic oxidation sites excluding steroid dienone is 3. The van der Waals surface area contributed by atoms with E-state index in [1.165, 1.54) is 6.08 Å². The molecular weight excluding hydrogens is 270 g/mol. The Morgan fingerprint density at radius 3 is 3.10 bits per heavy atom. The minimum atomic E-state index is -0.126. The Morgan fingerprint density at radius 2 is 2.35 bits per heavy atom. The first-order valence-corrected chi connectivity index (χ1v) is 7.09. The first kappa shape index (κ1) is 14.1. The van der Waals surface area contributed by atoms with Gasteiger partial charge in [0, 0.05) is 29.4 Å². The number of amides is 1. The molecule has 0 aliphatic rings. The van der Waals surface area contributed by atoms with Crippen molar-refractivity contribution in [2.45, 2.75) is 13.5 Å². The highest BCUT2D eigenvalue weighted by Gasteiger charge is 2.05. The fraction of sp³-hybridized carbons (Fsp3) is 0.133. The molecule has 0 aliphatic carbocycles. The van der Waals surface area contributed by atoms with E-state index in [-0.39, 0.29) is 5.91 Å². The molecule has 2 heterocycles. The predicted octanol–water partition coefficient (Wildman–Crippen LogP) is 2.95. The smallest absolute Gasteiger partial charge is 0.244 e. The van der Waals surface area contributed by atoms with E-state index in [9.17, 15) is 4.79 Å². The van der Waals surface area contributed by atoms with Crippen LogP contribution in [0.1, 0.15) is 12.6 Å². The lowest BCUT2D eigenvalue weighted by atomic mass is 10.3. The second-order valence-electron chi connectivity index (χ2n) is 3.99. The summed E-state index contributed by atoms with van der Waals surface area (Å²) < 4.78 is 0. The van der Waals surface area contributed by atoms with Crippen molar-refractivity contribution >= 4 is 17.2 Å². The molecule has 2 aromatic rings. The molecule has 0 aromatic carbocycles. The summed E-state index contributed by atoms with van der Waals surface area (Å²) in [5.74, 6) is -0.126.